The molecule has 150 valence electrons. The number of rotatable bonds is 6. The van der Waals surface area contributed by atoms with Crippen LogP contribution in [0.2, 0.25) is 5.02 Å². The van der Waals surface area contributed by atoms with E-state index in [2.05, 4.69) is 28.1 Å². The number of halogens is 1. The largest absolute Gasteiger partial charge is 0.339 e. The molecule has 1 aromatic carbocycles. The Morgan fingerprint density at radius 2 is 1.79 bits per heavy atom. The van der Waals surface area contributed by atoms with E-state index in [4.69, 9.17) is 11.6 Å². The zero-order valence-corrected chi connectivity index (χ0v) is 18.3. The van der Waals surface area contributed by atoms with Crippen LogP contribution in [0.25, 0.3) is 10.4 Å². The number of hydrogen-bond acceptors (Lipinski definition) is 5. The molecule has 0 unspecified atom stereocenters. The van der Waals surface area contributed by atoms with Gasteiger partial charge in [-0.1, -0.05) is 29.8 Å². The highest BCUT2D eigenvalue weighted by Gasteiger charge is 2.21. The fraction of sp³-hybridized carbons (Fsp3) is 0.273. The molecule has 0 spiro atoms. The minimum atomic E-state index is 0.212. The van der Waals surface area contributed by atoms with Gasteiger partial charge < -0.3 is 4.90 Å². The molecule has 29 heavy (non-hydrogen) atoms. The number of nitrogens with zero attached hydrogens (tertiary/aromatic N) is 3. The molecule has 1 aliphatic heterocycles. The minimum absolute atomic E-state index is 0.212. The van der Waals surface area contributed by atoms with Gasteiger partial charge in [-0.3, -0.25) is 14.7 Å². The van der Waals surface area contributed by atoms with Crippen molar-refractivity contribution < 1.29 is 4.79 Å². The first-order chi connectivity index (χ1) is 14.2. The summed E-state index contributed by atoms with van der Waals surface area (Å²) in [5, 5.41) is 0.790. The maximum atomic E-state index is 12.5. The van der Waals surface area contributed by atoms with Gasteiger partial charge in [0.15, 0.2) is 0 Å². The summed E-state index contributed by atoms with van der Waals surface area (Å²) >= 11 is 9.69. The molecule has 1 saturated heterocycles. The maximum Gasteiger partial charge on any atom is 0.233 e. The molecule has 0 aliphatic carbocycles. The Labute approximate surface area is 184 Å². The predicted molar refractivity (Wildman–Crippen MR) is 122 cm³/mol. The van der Waals surface area contributed by atoms with E-state index in [9.17, 15) is 4.79 Å². The van der Waals surface area contributed by atoms with Crippen molar-refractivity contribution in [1.29, 1.82) is 0 Å². The number of piperazine rings is 1. The predicted octanol–water partition coefficient (Wildman–Crippen LogP) is 4.90. The number of thiophene rings is 1. The van der Waals surface area contributed by atoms with Gasteiger partial charge in [-0.05, 0) is 30.3 Å². The summed E-state index contributed by atoms with van der Waals surface area (Å²) < 4.78 is 0. The zero-order chi connectivity index (χ0) is 20.1. The molecule has 3 aromatic rings. The van der Waals surface area contributed by atoms with Gasteiger partial charge in [-0.25, -0.2) is 0 Å². The normalized spacial score (nSPS) is 14.9. The summed E-state index contributed by atoms with van der Waals surface area (Å²) in [6.45, 7) is 4.32. The highest BCUT2D eigenvalue weighted by molar-refractivity contribution is 8.00. The van der Waals surface area contributed by atoms with Crippen LogP contribution >= 0.6 is 34.7 Å². The summed E-state index contributed by atoms with van der Waals surface area (Å²) in [6, 6.07) is 16.2. The van der Waals surface area contributed by atoms with Gasteiger partial charge in [0.1, 0.15) is 0 Å². The molecule has 0 radical (unpaired) electrons. The molecule has 0 N–H and O–H groups in total. The number of pyridine rings is 1. The summed E-state index contributed by atoms with van der Waals surface area (Å²) in [7, 11) is 0. The third kappa shape index (κ3) is 5.39. The number of amides is 1. The van der Waals surface area contributed by atoms with Crippen molar-refractivity contribution in [3.05, 3.63) is 70.8 Å². The lowest BCUT2D eigenvalue weighted by molar-refractivity contribution is -0.130. The number of carbonyl (C=O) groups is 1. The topological polar surface area (TPSA) is 36.4 Å². The summed E-state index contributed by atoms with van der Waals surface area (Å²) in [5.74, 6) is 0.694. The lowest BCUT2D eigenvalue weighted by Gasteiger charge is -2.34. The van der Waals surface area contributed by atoms with Crippen molar-refractivity contribution in [2.75, 3.05) is 31.9 Å². The second-order valence-electron chi connectivity index (χ2n) is 6.87. The monoisotopic (exact) mass is 443 g/mol. The number of thioether (sulfide) groups is 1. The Kier molecular flexibility index (Phi) is 6.87. The molecular formula is C22H22ClN3OS2. The first kappa shape index (κ1) is 20.4. The third-order valence-corrected chi connectivity index (χ3v) is 7.35. The standard InChI is InChI=1S/C22H22ClN3OS2/c23-20-4-2-1-3-19(20)21-6-5-18(29-21)15-25-11-13-26(14-12-25)22(27)16-28-17-7-9-24-10-8-17/h1-10H,11-16H2. The Bertz CT molecular complexity index is 955. The molecule has 4 nitrogen and oxygen atoms in total. The van der Waals surface area contributed by atoms with Crippen LogP contribution in [0.5, 0.6) is 0 Å². The van der Waals surface area contributed by atoms with E-state index in [-0.39, 0.29) is 5.91 Å². The molecule has 3 heterocycles. The Morgan fingerprint density at radius 1 is 1.03 bits per heavy atom. The van der Waals surface area contributed by atoms with Crippen molar-refractivity contribution in [2.24, 2.45) is 0 Å². The zero-order valence-electron chi connectivity index (χ0n) is 16.0. The summed E-state index contributed by atoms with van der Waals surface area (Å²) in [6.07, 6.45) is 3.51. The average Bonchev–Trinajstić information content (AvgIpc) is 3.22. The van der Waals surface area contributed by atoms with Crippen molar-refractivity contribution >= 4 is 40.6 Å². The van der Waals surface area contributed by atoms with E-state index in [0.29, 0.717) is 5.75 Å². The van der Waals surface area contributed by atoms with Crippen LogP contribution in [0.4, 0.5) is 0 Å². The average molecular weight is 444 g/mol. The van der Waals surface area contributed by atoms with Gasteiger partial charge in [-0.2, -0.15) is 0 Å². The lowest BCUT2D eigenvalue weighted by atomic mass is 10.2. The van der Waals surface area contributed by atoms with Crippen LogP contribution in [0.15, 0.2) is 65.8 Å². The van der Waals surface area contributed by atoms with Crippen LogP contribution in [-0.4, -0.2) is 52.6 Å². The van der Waals surface area contributed by atoms with E-state index in [1.54, 1.807) is 35.5 Å². The molecular weight excluding hydrogens is 422 g/mol. The molecule has 7 heteroatoms. The molecule has 0 bridgehead atoms. The molecule has 2 aromatic heterocycles. The van der Waals surface area contributed by atoms with Gasteiger partial charge in [0.25, 0.3) is 0 Å². The Morgan fingerprint density at radius 3 is 2.55 bits per heavy atom. The van der Waals surface area contributed by atoms with E-state index < -0.39 is 0 Å². The van der Waals surface area contributed by atoms with Crippen LogP contribution in [0, 0.1) is 0 Å². The quantitative estimate of drug-likeness (QED) is 0.508. The minimum Gasteiger partial charge on any atom is -0.339 e. The molecule has 0 atom stereocenters. The summed E-state index contributed by atoms with van der Waals surface area (Å²) in [5.41, 5.74) is 1.09. The molecule has 1 fully saturated rings. The highest BCUT2D eigenvalue weighted by atomic mass is 35.5. The fourth-order valence-corrected chi connectivity index (χ4v) is 5.49. The highest BCUT2D eigenvalue weighted by Crippen LogP contribution is 2.33. The van der Waals surface area contributed by atoms with E-state index in [1.165, 1.54) is 9.75 Å². The Hall–Kier alpha value is -1.86. The number of carbonyl (C=O) groups excluding carboxylic acids is 1. The molecule has 1 aliphatic rings. The van der Waals surface area contributed by atoms with Crippen molar-refractivity contribution in [1.82, 2.24) is 14.8 Å². The van der Waals surface area contributed by atoms with Crippen molar-refractivity contribution in [3.63, 3.8) is 0 Å². The van der Waals surface area contributed by atoms with Crippen molar-refractivity contribution in [3.8, 4) is 10.4 Å². The van der Waals surface area contributed by atoms with Gasteiger partial charge in [0, 0.05) is 70.4 Å². The van der Waals surface area contributed by atoms with E-state index in [1.807, 2.05) is 35.2 Å². The lowest BCUT2D eigenvalue weighted by Crippen LogP contribution is -2.48. The second-order valence-corrected chi connectivity index (χ2v) is 9.50. The summed E-state index contributed by atoms with van der Waals surface area (Å²) in [4.78, 5) is 24.5. The number of benzene rings is 1. The molecule has 4 rings (SSSR count). The van der Waals surface area contributed by atoms with E-state index >= 15 is 0 Å². The maximum absolute atomic E-state index is 12.5. The first-order valence-corrected chi connectivity index (χ1v) is 11.7. The molecule has 1 amide bonds. The van der Waals surface area contributed by atoms with Gasteiger partial charge in [-0.15, -0.1) is 23.1 Å². The van der Waals surface area contributed by atoms with Gasteiger partial charge in [0.2, 0.25) is 5.91 Å². The second kappa shape index (κ2) is 9.76. The van der Waals surface area contributed by atoms with E-state index in [0.717, 1.165) is 48.2 Å². The fourth-order valence-electron chi connectivity index (χ4n) is 3.32. The SMILES string of the molecule is O=C(CSc1ccncc1)N1CCN(Cc2ccc(-c3ccccc3Cl)s2)CC1. The number of aromatic nitrogens is 1. The van der Waals surface area contributed by atoms with Gasteiger partial charge >= 0.3 is 0 Å². The first-order valence-electron chi connectivity index (χ1n) is 9.55. The van der Waals surface area contributed by atoms with Crippen LogP contribution in [0.3, 0.4) is 0 Å². The van der Waals surface area contributed by atoms with Crippen LogP contribution in [-0.2, 0) is 11.3 Å². The number of hydrogen-bond donors (Lipinski definition) is 0. The van der Waals surface area contributed by atoms with Crippen LogP contribution < -0.4 is 0 Å². The van der Waals surface area contributed by atoms with Crippen molar-refractivity contribution in [2.45, 2.75) is 11.4 Å². The van der Waals surface area contributed by atoms with Gasteiger partial charge in [0.05, 0.1) is 5.75 Å². The Balaban J connectivity index is 1.26. The van der Waals surface area contributed by atoms with Crippen LogP contribution in [0.1, 0.15) is 4.88 Å². The smallest absolute Gasteiger partial charge is 0.233 e. The third-order valence-electron chi connectivity index (χ3n) is 4.92. The molecule has 0 saturated carbocycles.